The molecular weight excluding hydrogens is 485 g/mol. The zero-order valence-electron chi connectivity index (χ0n) is 16.0. The number of aryl methyl sites for hydroxylation is 2. The summed E-state index contributed by atoms with van der Waals surface area (Å²) in [7, 11) is 0. The fraction of sp³-hybridized carbons (Fsp3) is 0.0909. The second-order valence-corrected chi connectivity index (χ2v) is 13.5. The van der Waals surface area contributed by atoms with Crippen molar-refractivity contribution in [1.29, 1.82) is 0 Å². The number of thiophene rings is 4. The Hall–Kier alpha value is -1.68. The molecule has 0 saturated carbocycles. The van der Waals surface area contributed by atoms with E-state index in [9.17, 15) is 0 Å². The Bertz CT molecular complexity index is 1450. The number of hydrogen-bond donors (Lipinski definition) is 0. The third kappa shape index (κ3) is 3.41. The molecule has 0 amide bonds. The molecule has 0 aliphatic heterocycles. The standard InChI is InChI=1S/C22H14N2S6/c1-11-3-5-13(25-11)14-7-8-15(27-14)16-9-10-18(28-16)20-24-22-21(30-20)23-19(29-22)17-6-4-12(2)26-17/h3-10H,1-2H3. The third-order valence-electron chi connectivity index (χ3n) is 4.58. The average Bonchev–Trinajstić information content (AvgIpc) is 3.49. The highest BCUT2D eigenvalue weighted by molar-refractivity contribution is 7.32. The molecule has 30 heavy (non-hydrogen) atoms. The largest absolute Gasteiger partial charge is 0.222 e. The van der Waals surface area contributed by atoms with E-state index in [1.54, 1.807) is 34.0 Å². The van der Waals surface area contributed by atoms with Crippen LogP contribution >= 0.6 is 68.0 Å². The zero-order valence-corrected chi connectivity index (χ0v) is 20.9. The molecule has 0 aromatic carbocycles. The monoisotopic (exact) mass is 498 g/mol. The summed E-state index contributed by atoms with van der Waals surface area (Å²) in [6.07, 6.45) is 0. The van der Waals surface area contributed by atoms with E-state index in [1.807, 2.05) is 34.0 Å². The van der Waals surface area contributed by atoms with Crippen molar-refractivity contribution >= 4 is 77.7 Å². The van der Waals surface area contributed by atoms with Crippen molar-refractivity contribution < 1.29 is 0 Å². The van der Waals surface area contributed by atoms with Crippen LogP contribution in [0.3, 0.4) is 0 Å². The number of aromatic nitrogens is 2. The van der Waals surface area contributed by atoms with Crippen LogP contribution in [0.5, 0.6) is 0 Å². The van der Waals surface area contributed by atoms with Crippen LogP contribution in [-0.2, 0) is 0 Å². The molecule has 0 saturated heterocycles. The van der Waals surface area contributed by atoms with Crippen molar-refractivity contribution in [1.82, 2.24) is 9.97 Å². The van der Waals surface area contributed by atoms with E-state index in [1.165, 1.54) is 39.0 Å². The fourth-order valence-corrected chi connectivity index (χ4v) is 9.24. The molecule has 0 bridgehead atoms. The Morgan fingerprint density at radius 2 is 0.800 bits per heavy atom. The Balaban J connectivity index is 1.29. The maximum Gasteiger partial charge on any atom is 0.155 e. The first-order valence-corrected chi connectivity index (χ1v) is 14.1. The second-order valence-electron chi connectivity index (χ2n) is 6.80. The lowest BCUT2D eigenvalue weighted by atomic mass is 10.3. The van der Waals surface area contributed by atoms with Gasteiger partial charge in [0.15, 0.2) is 9.66 Å². The molecular formula is C22H14N2S6. The number of fused-ring (bicyclic) bond motifs is 1. The van der Waals surface area contributed by atoms with E-state index in [0.717, 1.165) is 19.7 Å². The van der Waals surface area contributed by atoms with Crippen LogP contribution in [0.4, 0.5) is 0 Å². The van der Waals surface area contributed by atoms with Gasteiger partial charge in [0.05, 0.1) is 9.75 Å². The highest BCUT2D eigenvalue weighted by Gasteiger charge is 2.16. The van der Waals surface area contributed by atoms with Crippen LogP contribution in [0.25, 0.3) is 48.9 Å². The van der Waals surface area contributed by atoms with E-state index in [0.29, 0.717) is 0 Å². The molecule has 0 spiro atoms. The molecule has 0 N–H and O–H groups in total. The van der Waals surface area contributed by atoms with Gasteiger partial charge in [0, 0.05) is 29.3 Å². The lowest BCUT2D eigenvalue weighted by molar-refractivity contribution is 1.51. The van der Waals surface area contributed by atoms with Gasteiger partial charge in [0.1, 0.15) is 10.0 Å². The Labute approximate surface area is 197 Å². The third-order valence-corrected chi connectivity index (χ3v) is 11.5. The van der Waals surface area contributed by atoms with Gasteiger partial charge in [0.25, 0.3) is 0 Å². The maximum atomic E-state index is 4.89. The van der Waals surface area contributed by atoms with Gasteiger partial charge >= 0.3 is 0 Å². The normalized spacial score (nSPS) is 11.7. The van der Waals surface area contributed by atoms with Gasteiger partial charge in [-0.3, -0.25) is 0 Å². The minimum absolute atomic E-state index is 1.04. The lowest BCUT2D eigenvalue weighted by Crippen LogP contribution is -1.67. The van der Waals surface area contributed by atoms with Crippen molar-refractivity contribution in [2.75, 3.05) is 0 Å². The minimum atomic E-state index is 1.04. The molecule has 0 atom stereocenters. The molecule has 6 rings (SSSR count). The van der Waals surface area contributed by atoms with Crippen molar-refractivity contribution in [2.45, 2.75) is 13.8 Å². The molecule has 0 aliphatic rings. The van der Waals surface area contributed by atoms with Crippen LogP contribution in [0.1, 0.15) is 9.75 Å². The van der Waals surface area contributed by atoms with Gasteiger partial charge in [-0.1, -0.05) is 22.7 Å². The van der Waals surface area contributed by atoms with Gasteiger partial charge in [-0.2, -0.15) is 0 Å². The number of thiazole rings is 2. The Kier molecular flexibility index (Phi) is 4.74. The summed E-state index contributed by atoms with van der Waals surface area (Å²) in [5, 5.41) is 2.15. The van der Waals surface area contributed by atoms with Crippen LogP contribution in [0, 0.1) is 13.8 Å². The smallest absolute Gasteiger partial charge is 0.155 e. The second kappa shape index (κ2) is 7.47. The van der Waals surface area contributed by atoms with Crippen molar-refractivity contribution in [3.63, 3.8) is 0 Å². The van der Waals surface area contributed by atoms with Crippen molar-refractivity contribution in [3.05, 3.63) is 58.3 Å². The van der Waals surface area contributed by atoms with Gasteiger partial charge in [-0.25, -0.2) is 9.97 Å². The Morgan fingerprint density at radius 1 is 0.433 bits per heavy atom. The molecule has 2 nitrogen and oxygen atoms in total. The first-order chi connectivity index (χ1) is 14.6. The summed E-state index contributed by atoms with van der Waals surface area (Å²) < 4.78 is 0. The summed E-state index contributed by atoms with van der Waals surface area (Å²) in [5.74, 6) is 0. The molecule has 0 radical (unpaired) electrons. The summed E-state index contributed by atoms with van der Waals surface area (Å²) >= 11 is 10.7. The lowest BCUT2D eigenvalue weighted by Gasteiger charge is -1.91. The topological polar surface area (TPSA) is 25.8 Å². The van der Waals surface area contributed by atoms with Crippen LogP contribution < -0.4 is 0 Å². The predicted octanol–water partition coefficient (Wildman–Crippen LogP) is 9.28. The van der Waals surface area contributed by atoms with Crippen LogP contribution in [-0.4, -0.2) is 9.97 Å². The molecule has 6 aromatic rings. The molecule has 148 valence electrons. The van der Waals surface area contributed by atoms with Gasteiger partial charge < -0.3 is 0 Å². The number of hydrogen-bond acceptors (Lipinski definition) is 8. The van der Waals surface area contributed by atoms with E-state index in [-0.39, 0.29) is 0 Å². The SMILES string of the molecule is Cc1ccc(-c2ccc(-c3ccc(-c4nc5sc(-c6ccc(C)s6)nc5s4)s3)s2)s1. The number of nitrogens with zero attached hydrogens (tertiary/aromatic N) is 2. The quantitative estimate of drug-likeness (QED) is 0.242. The summed E-state index contributed by atoms with van der Waals surface area (Å²) in [6.45, 7) is 4.29. The Morgan fingerprint density at radius 3 is 1.30 bits per heavy atom. The van der Waals surface area contributed by atoms with Gasteiger partial charge in [0.2, 0.25) is 0 Å². The molecule has 0 aliphatic carbocycles. The highest BCUT2D eigenvalue weighted by Crippen LogP contribution is 2.44. The summed E-state index contributed by atoms with van der Waals surface area (Å²) in [6, 6.07) is 17.6. The highest BCUT2D eigenvalue weighted by atomic mass is 32.1. The summed E-state index contributed by atoms with van der Waals surface area (Å²) in [5.41, 5.74) is 0. The van der Waals surface area contributed by atoms with Crippen molar-refractivity contribution in [3.8, 4) is 39.3 Å². The van der Waals surface area contributed by atoms with E-state index in [2.05, 4.69) is 62.4 Å². The first kappa shape index (κ1) is 19.0. The van der Waals surface area contributed by atoms with Gasteiger partial charge in [-0.05, 0) is 62.4 Å². The maximum absolute atomic E-state index is 4.89. The molecule has 8 heteroatoms. The average molecular weight is 499 g/mol. The molecule has 6 aromatic heterocycles. The fourth-order valence-electron chi connectivity index (χ4n) is 3.16. The van der Waals surface area contributed by atoms with E-state index >= 15 is 0 Å². The van der Waals surface area contributed by atoms with E-state index < -0.39 is 0 Å². The van der Waals surface area contributed by atoms with Crippen molar-refractivity contribution in [2.24, 2.45) is 0 Å². The van der Waals surface area contributed by atoms with Crippen LogP contribution in [0.15, 0.2) is 48.5 Å². The summed E-state index contributed by atoms with van der Waals surface area (Å²) in [4.78, 5) is 22.2. The zero-order chi connectivity index (χ0) is 20.2. The molecule has 6 heterocycles. The van der Waals surface area contributed by atoms with E-state index in [4.69, 9.17) is 9.97 Å². The number of rotatable bonds is 4. The predicted molar refractivity (Wildman–Crippen MR) is 138 cm³/mol. The molecule has 0 unspecified atom stereocenters. The first-order valence-electron chi connectivity index (χ1n) is 9.24. The van der Waals surface area contributed by atoms with Gasteiger partial charge in [-0.15, -0.1) is 45.3 Å². The van der Waals surface area contributed by atoms with Crippen LogP contribution in [0.2, 0.25) is 0 Å². The minimum Gasteiger partial charge on any atom is -0.222 e. The molecule has 0 fully saturated rings.